The molecule has 1 aliphatic heterocycles. The predicted molar refractivity (Wildman–Crippen MR) is 98.7 cm³/mol. The van der Waals surface area contributed by atoms with Gasteiger partial charge in [-0.1, -0.05) is 24.3 Å². The maximum absolute atomic E-state index is 6.02. The zero-order valence-electron chi connectivity index (χ0n) is 14.9. The molecule has 1 aliphatic rings. The lowest BCUT2D eigenvalue weighted by Crippen LogP contribution is -2.37. The normalized spacial score (nSPS) is 16.3. The van der Waals surface area contributed by atoms with Crippen molar-refractivity contribution in [3.8, 4) is 5.75 Å². The second-order valence-electron chi connectivity index (χ2n) is 6.65. The van der Waals surface area contributed by atoms with E-state index in [9.17, 15) is 0 Å². The zero-order chi connectivity index (χ0) is 17.8. The van der Waals surface area contributed by atoms with Crippen LogP contribution in [-0.4, -0.2) is 25.8 Å². The quantitative estimate of drug-likeness (QED) is 0.741. The van der Waals surface area contributed by atoms with Gasteiger partial charge in [0.25, 0.3) is 0 Å². The fourth-order valence-corrected chi connectivity index (χ4v) is 3.32. The van der Waals surface area contributed by atoms with E-state index in [-0.39, 0.29) is 0 Å². The molecule has 1 N–H and O–H groups in total. The Bertz CT molecular complexity index is 862. The van der Waals surface area contributed by atoms with Crippen molar-refractivity contribution in [3.63, 3.8) is 0 Å². The summed E-state index contributed by atoms with van der Waals surface area (Å²) in [6.07, 6.45) is 5.66. The fraction of sp³-hybridized carbons (Fsp3) is 0.350. The molecular formula is C20H23N5O. The van der Waals surface area contributed by atoms with Gasteiger partial charge < -0.3 is 14.6 Å². The minimum atomic E-state index is 0.420. The molecule has 0 radical (unpaired) electrons. The second-order valence-corrected chi connectivity index (χ2v) is 6.65. The van der Waals surface area contributed by atoms with Crippen molar-refractivity contribution in [2.24, 2.45) is 0 Å². The number of hydrogen-bond acceptors (Lipinski definition) is 5. The van der Waals surface area contributed by atoms with Gasteiger partial charge in [0.2, 0.25) is 0 Å². The van der Waals surface area contributed by atoms with Crippen molar-refractivity contribution < 1.29 is 4.74 Å². The third-order valence-corrected chi connectivity index (χ3v) is 4.80. The molecule has 134 valence electrons. The van der Waals surface area contributed by atoms with E-state index in [0.717, 1.165) is 48.9 Å². The first-order valence-electron chi connectivity index (χ1n) is 9.01. The lowest BCUT2D eigenvalue weighted by molar-refractivity contribution is 0.299. The van der Waals surface area contributed by atoms with Crippen LogP contribution >= 0.6 is 0 Å². The van der Waals surface area contributed by atoms with Crippen LogP contribution in [0.3, 0.4) is 0 Å². The van der Waals surface area contributed by atoms with Crippen molar-refractivity contribution in [1.29, 1.82) is 0 Å². The number of rotatable bonds is 6. The van der Waals surface area contributed by atoms with Crippen molar-refractivity contribution in [3.05, 3.63) is 71.6 Å². The Morgan fingerprint density at radius 3 is 3.00 bits per heavy atom. The molecule has 0 fully saturated rings. The zero-order valence-corrected chi connectivity index (χ0v) is 14.9. The number of aromatic nitrogens is 4. The molecule has 6 heteroatoms. The molecule has 3 aromatic rings. The third-order valence-electron chi connectivity index (χ3n) is 4.80. The highest BCUT2D eigenvalue weighted by Gasteiger charge is 2.21. The smallest absolute Gasteiger partial charge is 0.133 e. The summed E-state index contributed by atoms with van der Waals surface area (Å²) >= 11 is 0. The minimum absolute atomic E-state index is 0.420. The van der Waals surface area contributed by atoms with Crippen LogP contribution in [-0.2, 0) is 26.1 Å². The third kappa shape index (κ3) is 3.75. The molecular weight excluding hydrogens is 326 g/mol. The number of ether oxygens (including phenoxy) is 1. The fourth-order valence-electron chi connectivity index (χ4n) is 3.32. The first kappa shape index (κ1) is 16.7. The van der Waals surface area contributed by atoms with E-state index in [1.54, 1.807) is 6.20 Å². The summed E-state index contributed by atoms with van der Waals surface area (Å²) in [5, 5.41) is 12.1. The minimum Gasteiger partial charge on any atom is -0.489 e. The van der Waals surface area contributed by atoms with Crippen LogP contribution in [0.1, 0.15) is 29.2 Å². The number of nitrogens with zero attached hydrogens (tertiary/aromatic N) is 4. The Hall–Kier alpha value is -2.73. The van der Waals surface area contributed by atoms with Gasteiger partial charge in [-0.05, 0) is 25.5 Å². The van der Waals surface area contributed by atoms with E-state index in [1.807, 2.05) is 37.4 Å². The summed E-state index contributed by atoms with van der Waals surface area (Å²) in [5.41, 5.74) is 2.24. The highest BCUT2D eigenvalue weighted by atomic mass is 16.5. The van der Waals surface area contributed by atoms with Gasteiger partial charge in [-0.2, -0.15) is 0 Å². The first-order valence-corrected chi connectivity index (χ1v) is 9.01. The molecule has 0 bridgehead atoms. The highest BCUT2D eigenvalue weighted by Crippen LogP contribution is 2.21. The van der Waals surface area contributed by atoms with E-state index >= 15 is 0 Å². The maximum atomic E-state index is 6.02. The molecule has 6 nitrogen and oxygen atoms in total. The van der Waals surface area contributed by atoms with Crippen LogP contribution in [0.2, 0.25) is 0 Å². The molecule has 2 aromatic heterocycles. The van der Waals surface area contributed by atoms with Crippen molar-refractivity contribution in [2.75, 3.05) is 0 Å². The predicted octanol–water partition coefficient (Wildman–Crippen LogP) is 2.67. The summed E-state index contributed by atoms with van der Waals surface area (Å²) in [6, 6.07) is 12.6. The Balaban J connectivity index is 1.37. The molecule has 0 aliphatic carbocycles. The molecule has 1 atom stereocenters. The number of fused-ring (bicyclic) bond motifs is 1. The van der Waals surface area contributed by atoms with Gasteiger partial charge in [-0.3, -0.25) is 4.98 Å². The van der Waals surface area contributed by atoms with Gasteiger partial charge >= 0.3 is 0 Å². The Labute approximate surface area is 153 Å². The van der Waals surface area contributed by atoms with Crippen molar-refractivity contribution >= 4 is 0 Å². The Kier molecular flexibility index (Phi) is 4.93. The molecule has 0 saturated heterocycles. The van der Waals surface area contributed by atoms with Crippen LogP contribution in [0.15, 0.2) is 48.8 Å². The van der Waals surface area contributed by atoms with Crippen LogP contribution in [0.25, 0.3) is 0 Å². The summed E-state index contributed by atoms with van der Waals surface area (Å²) in [5.74, 6) is 3.01. The average Bonchev–Trinajstić information content (AvgIpc) is 3.06. The van der Waals surface area contributed by atoms with Gasteiger partial charge in [-0.15, -0.1) is 10.2 Å². The van der Waals surface area contributed by atoms with Crippen LogP contribution < -0.4 is 10.1 Å². The van der Waals surface area contributed by atoms with Crippen LogP contribution in [0.5, 0.6) is 5.75 Å². The summed E-state index contributed by atoms with van der Waals surface area (Å²) in [4.78, 5) is 4.13. The van der Waals surface area contributed by atoms with Gasteiger partial charge in [0, 0.05) is 49.1 Å². The second kappa shape index (κ2) is 7.66. The van der Waals surface area contributed by atoms with Gasteiger partial charge in [0.1, 0.15) is 24.0 Å². The molecule has 0 amide bonds. The van der Waals surface area contributed by atoms with E-state index in [2.05, 4.69) is 37.2 Å². The van der Waals surface area contributed by atoms with E-state index < -0.39 is 0 Å². The number of aryl methyl sites for hydroxylation is 2. The van der Waals surface area contributed by atoms with Crippen LogP contribution in [0, 0.1) is 6.92 Å². The van der Waals surface area contributed by atoms with Gasteiger partial charge in [0.15, 0.2) is 0 Å². The van der Waals surface area contributed by atoms with Crippen LogP contribution in [0.4, 0.5) is 0 Å². The van der Waals surface area contributed by atoms with Gasteiger partial charge in [0.05, 0.1) is 0 Å². The lowest BCUT2D eigenvalue weighted by Gasteiger charge is -2.25. The number of para-hydroxylation sites is 1. The molecule has 26 heavy (non-hydrogen) atoms. The number of hydrogen-bond donors (Lipinski definition) is 1. The highest BCUT2D eigenvalue weighted by molar-refractivity contribution is 5.33. The molecule has 0 spiro atoms. The maximum Gasteiger partial charge on any atom is 0.133 e. The SMILES string of the molecule is Cc1nnc2n1C[C@H](NCc1ccccc1OCc1cccnc1)CC2. The lowest BCUT2D eigenvalue weighted by atomic mass is 10.1. The van der Waals surface area contributed by atoms with E-state index in [4.69, 9.17) is 4.74 Å². The number of benzene rings is 1. The molecule has 1 aromatic carbocycles. The topological polar surface area (TPSA) is 64.9 Å². The average molecular weight is 349 g/mol. The molecule has 0 unspecified atom stereocenters. The Morgan fingerprint density at radius 1 is 1.19 bits per heavy atom. The molecule has 3 heterocycles. The summed E-state index contributed by atoms with van der Waals surface area (Å²) in [7, 11) is 0. The molecule has 4 rings (SSSR count). The summed E-state index contributed by atoms with van der Waals surface area (Å²) < 4.78 is 8.24. The molecule has 0 saturated carbocycles. The number of pyridine rings is 1. The first-order chi connectivity index (χ1) is 12.8. The van der Waals surface area contributed by atoms with Crippen molar-refractivity contribution in [1.82, 2.24) is 25.1 Å². The monoisotopic (exact) mass is 349 g/mol. The standard InChI is InChI=1S/C20H23N5O/c1-15-23-24-20-9-8-18(13-25(15)20)22-12-17-6-2-3-7-19(17)26-14-16-5-4-10-21-11-16/h2-7,10-11,18,22H,8-9,12-14H2,1H3/t18-/m1/s1. The van der Waals surface area contributed by atoms with Gasteiger partial charge in [-0.25, -0.2) is 0 Å². The van der Waals surface area contributed by atoms with E-state index in [1.165, 1.54) is 5.56 Å². The number of nitrogens with one attached hydrogen (secondary N) is 1. The Morgan fingerprint density at radius 2 is 2.12 bits per heavy atom. The largest absolute Gasteiger partial charge is 0.489 e. The van der Waals surface area contributed by atoms with E-state index in [0.29, 0.717) is 12.6 Å². The summed E-state index contributed by atoms with van der Waals surface area (Å²) in [6.45, 7) is 4.25. The van der Waals surface area contributed by atoms with Crippen molar-refractivity contribution in [2.45, 2.75) is 45.5 Å².